The van der Waals surface area contributed by atoms with Gasteiger partial charge < -0.3 is 5.73 Å². The molecule has 0 aromatic heterocycles. The number of hydrogen-bond acceptors (Lipinski definition) is 2. The Hall–Kier alpha value is -0.130. The van der Waals surface area contributed by atoms with Gasteiger partial charge >= 0.3 is 0 Å². The maximum atomic E-state index is 6.06. The van der Waals surface area contributed by atoms with Gasteiger partial charge in [-0.15, -0.1) is 0 Å². The molecular weight excluding hydrogens is 335 g/mol. The van der Waals surface area contributed by atoms with Crippen LogP contribution in [0.1, 0.15) is 44.7 Å². The summed E-state index contributed by atoms with van der Waals surface area (Å²) in [4.78, 5) is 2.64. The van der Waals surface area contributed by atoms with Crippen molar-refractivity contribution in [2.45, 2.75) is 51.2 Å². The summed E-state index contributed by atoms with van der Waals surface area (Å²) in [6.45, 7) is 5.34. The third-order valence-electron chi connectivity index (χ3n) is 4.16. The lowest BCUT2D eigenvalue weighted by Gasteiger charge is -2.35. The lowest BCUT2D eigenvalue weighted by atomic mass is 10.0. The number of rotatable bonds is 4. The van der Waals surface area contributed by atoms with E-state index in [0.717, 1.165) is 0 Å². The first-order chi connectivity index (χ1) is 8.67. The number of hydrogen-bond donors (Lipinski definition) is 1. The van der Waals surface area contributed by atoms with Gasteiger partial charge in [0.2, 0.25) is 0 Å². The molecule has 1 aromatic carbocycles. The minimum Gasteiger partial charge on any atom is -0.329 e. The summed E-state index contributed by atoms with van der Waals surface area (Å²) < 4.78 is 1.29. The summed E-state index contributed by atoms with van der Waals surface area (Å²) >= 11 is 2.35. The summed E-state index contributed by atoms with van der Waals surface area (Å²) in [5.41, 5.74) is 7.42. The number of halogens is 1. The van der Waals surface area contributed by atoms with Crippen molar-refractivity contribution < 1.29 is 0 Å². The van der Waals surface area contributed by atoms with Gasteiger partial charge in [0.1, 0.15) is 0 Å². The second-order valence-corrected chi connectivity index (χ2v) is 6.48. The summed E-state index contributed by atoms with van der Waals surface area (Å²) in [5.74, 6) is 0. The van der Waals surface area contributed by atoms with E-state index in [1.165, 1.54) is 28.4 Å². The van der Waals surface area contributed by atoms with Gasteiger partial charge in [-0.05, 0) is 66.5 Å². The third-order valence-corrected chi connectivity index (χ3v) is 4.88. The molecule has 3 atom stereocenters. The minimum atomic E-state index is 0.379. The van der Waals surface area contributed by atoms with Gasteiger partial charge in [0.15, 0.2) is 0 Å². The molecule has 0 aliphatic carbocycles. The van der Waals surface area contributed by atoms with Crippen molar-refractivity contribution in [1.29, 1.82) is 0 Å². The van der Waals surface area contributed by atoms with Crippen LogP contribution >= 0.6 is 22.6 Å². The monoisotopic (exact) mass is 358 g/mol. The summed E-state index contributed by atoms with van der Waals surface area (Å²) in [6, 6.07) is 10.6. The molecule has 1 fully saturated rings. The van der Waals surface area contributed by atoms with Crippen LogP contribution < -0.4 is 5.73 Å². The number of likely N-dealkylation sites (tertiary alicyclic amines) is 1. The summed E-state index contributed by atoms with van der Waals surface area (Å²) in [5, 5.41) is 0. The van der Waals surface area contributed by atoms with Crippen molar-refractivity contribution in [3.8, 4) is 0 Å². The number of nitrogens with two attached hydrogens (primary N) is 1. The normalized spacial score (nSPS) is 26.4. The van der Waals surface area contributed by atoms with Crippen LogP contribution in [0.3, 0.4) is 0 Å². The number of benzene rings is 1. The highest BCUT2D eigenvalue weighted by Gasteiger charge is 2.34. The van der Waals surface area contributed by atoms with Crippen LogP contribution in [0.15, 0.2) is 24.3 Å². The lowest BCUT2D eigenvalue weighted by molar-refractivity contribution is 0.137. The smallest absolute Gasteiger partial charge is 0.0476 e. The van der Waals surface area contributed by atoms with Crippen molar-refractivity contribution in [2.75, 3.05) is 6.54 Å². The fourth-order valence-electron chi connectivity index (χ4n) is 3.18. The van der Waals surface area contributed by atoms with Gasteiger partial charge in [-0.3, -0.25) is 4.90 Å². The molecule has 3 heteroatoms. The molecule has 0 amide bonds. The van der Waals surface area contributed by atoms with Crippen LogP contribution in [0, 0.1) is 3.57 Å². The van der Waals surface area contributed by atoms with Crippen LogP contribution in [0.2, 0.25) is 0 Å². The first-order valence-electron chi connectivity index (χ1n) is 6.90. The molecule has 0 saturated carbocycles. The van der Waals surface area contributed by atoms with E-state index in [4.69, 9.17) is 5.73 Å². The first-order valence-corrected chi connectivity index (χ1v) is 7.98. The van der Waals surface area contributed by atoms with Crippen molar-refractivity contribution in [2.24, 2.45) is 5.73 Å². The van der Waals surface area contributed by atoms with Crippen LogP contribution in [0.25, 0.3) is 0 Å². The van der Waals surface area contributed by atoms with E-state index in [-0.39, 0.29) is 0 Å². The molecule has 1 saturated heterocycles. The fourth-order valence-corrected chi connectivity index (χ4v) is 3.54. The predicted octanol–water partition coefficient (Wildman–Crippen LogP) is 3.55. The highest BCUT2D eigenvalue weighted by atomic mass is 127. The van der Waals surface area contributed by atoms with E-state index in [9.17, 15) is 0 Å². The highest BCUT2D eigenvalue weighted by Crippen LogP contribution is 2.34. The zero-order chi connectivity index (χ0) is 13.1. The Morgan fingerprint density at radius 2 is 2.00 bits per heavy atom. The Morgan fingerprint density at radius 1 is 1.33 bits per heavy atom. The fraction of sp³-hybridized carbons (Fsp3) is 0.600. The molecule has 1 aromatic rings. The Bertz CT molecular complexity index is 377. The molecule has 100 valence electrons. The molecule has 0 radical (unpaired) electrons. The van der Waals surface area contributed by atoms with E-state index >= 15 is 0 Å². The van der Waals surface area contributed by atoms with Crippen molar-refractivity contribution in [3.05, 3.63) is 33.4 Å². The van der Waals surface area contributed by atoms with Gasteiger partial charge in [-0.2, -0.15) is 0 Å². The van der Waals surface area contributed by atoms with Gasteiger partial charge in [0.05, 0.1) is 0 Å². The topological polar surface area (TPSA) is 29.3 Å². The van der Waals surface area contributed by atoms with E-state index in [2.05, 4.69) is 65.6 Å². The molecule has 1 aliphatic heterocycles. The summed E-state index contributed by atoms with van der Waals surface area (Å²) in [6.07, 6.45) is 3.85. The Balaban J connectivity index is 2.24. The van der Waals surface area contributed by atoms with Gasteiger partial charge in [0, 0.05) is 28.2 Å². The maximum absolute atomic E-state index is 6.06. The zero-order valence-electron chi connectivity index (χ0n) is 11.3. The van der Waals surface area contributed by atoms with Gasteiger partial charge in [-0.25, -0.2) is 0 Å². The quantitative estimate of drug-likeness (QED) is 0.834. The van der Waals surface area contributed by atoms with Crippen LogP contribution in [-0.4, -0.2) is 23.5 Å². The predicted molar refractivity (Wildman–Crippen MR) is 85.6 cm³/mol. The lowest BCUT2D eigenvalue weighted by Crippen LogP contribution is -2.41. The second-order valence-electron chi connectivity index (χ2n) is 5.24. The molecule has 1 aliphatic rings. The number of nitrogens with zero attached hydrogens (tertiary/aromatic N) is 1. The van der Waals surface area contributed by atoms with Crippen molar-refractivity contribution in [1.82, 2.24) is 4.90 Å². The SMILES string of the molecule is CCC1CCC(C)N1C(CN)c1ccc(I)cc1. The van der Waals surface area contributed by atoms with Crippen molar-refractivity contribution in [3.63, 3.8) is 0 Å². The second kappa shape index (κ2) is 6.35. The Morgan fingerprint density at radius 3 is 2.56 bits per heavy atom. The average molecular weight is 358 g/mol. The van der Waals surface area contributed by atoms with Crippen molar-refractivity contribution >= 4 is 22.6 Å². The Labute approximate surface area is 124 Å². The van der Waals surface area contributed by atoms with Gasteiger partial charge in [0.25, 0.3) is 0 Å². The average Bonchev–Trinajstić information content (AvgIpc) is 2.74. The van der Waals surface area contributed by atoms with Crippen LogP contribution in [-0.2, 0) is 0 Å². The summed E-state index contributed by atoms with van der Waals surface area (Å²) in [7, 11) is 0. The first kappa shape index (κ1) is 14.3. The molecule has 2 nitrogen and oxygen atoms in total. The maximum Gasteiger partial charge on any atom is 0.0476 e. The highest BCUT2D eigenvalue weighted by molar-refractivity contribution is 14.1. The van der Waals surface area contributed by atoms with E-state index < -0.39 is 0 Å². The molecule has 0 spiro atoms. The molecule has 2 rings (SSSR count). The Kier molecular flexibility index (Phi) is 5.04. The molecule has 3 unspecified atom stereocenters. The van der Waals surface area contributed by atoms with Crippen LogP contribution in [0.4, 0.5) is 0 Å². The van der Waals surface area contributed by atoms with Crippen LogP contribution in [0.5, 0.6) is 0 Å². The molecule has 18 heavy (non-hydrogen) atoms. The molecule has 0 bridgehead atoms. The zero-order valence-corrected chi connectivity index (χ0v) is 13.4. The van der Waals surface area contributed by atoms with E-state index in [1.54, 1.807) is 0 Å². The molecule has 2 N–H and O–H groups in total. The largest absolute Gasteiger partial charge is 0.329 e. The van der Waals surface area contributed by atoms with E-state index in [0.29, 0.717) is 24.7 Å². The standard InChI is InChI=1S/C15H23IN2/c1-3-14-9-4-11(2)18(14)15(10-17)12-5-7-13(16)8-6-12/h5-8,11,14-15H,3-4,9-10,17H2,1-2H3. The third kappa shape index (κ3) is 2.89. The molecular formula is C15H23IN2. The minimum absolute atomic E-state index is 0.379. The van der Waals surface area contributed by atoms with E-state index in [1.807, 2.05) is 0 Å². The molecule has 1 heterocycles. The van der Waals surface area contributed by atoms with Gasteiger partial charge in [-0.1, -0.05) is 19.1 Å².